The molecule has 1 unspecified atom stereocenters. The molecule has 70 valence electrons. The molecular weight excluding hydrogens is 166 g/mol. The van der Waals surface area contributed by atoms with E-state index in [1.807, 2.05) is 25.7 Å². The number of rotatable bonds is 1. The SMILES string of the molecule is CC1=CC(N(C)C)n2ncnc2N1. The van der Waals surface area contributed by atoms with Crippen molar-refractivity contribution in [3.63, 3.8) is 0 Å². The Balaban J connectivity index is 2.41. The van der Waals surface area contributed by atoms with Crippen LogP contribution in [0.25, 0.3) is 0 Å². The number of likely N-dealkylation sites (N-methyl/N-ethyl adjacent to an activating group) is 1. The Kier molecular flexibility index (Phi) is 1.81. The first-order valence-corrected chi connectivity index (χ1v) is 4.20. The standard InChI is InChI=1S/C8H13N5/c1-6-4-7(12(2)3)13-8(11-6)9-5-10-13/h4-5,7H,1-3H3,(H,9,10,11). The number of fused-ring (bicyclic) bond motifs is 1. The Hall–Kier alpha value is -1.36. The van der Waals surface area contributed by atoms with E-state index in [2.05, 4.69) is 26.4 Å². The highest BCUT2D eigenvalue weighted by Gasteiger charge is 2.20. The first-order chi connectivity index (χ1) is 6.18. The van der Waals surface area contributed by atoms with Crippen LogP contribution in [0.3, 0.4) is 0 Å². The first kappa shape index (κ1) is 8.25. The molecule has 2 heterocycles. The number of nitrogens with one attached hydrogen (secondary N) is 1. The van der Waals surface area contributed by atoms with Gasteiger partial charge in [0.25, 0.3) is 0 Å². The normalized spacial score (nSPS) is 20.9. The van der Waals surface area contributed by atoms with Gasteiger partial charge in [0.15, 0.2) is 0 Å². The Morgan fingerprint density at radius 2 is 2.31 bits per heavy atom. The maximum absolute atomic E-state index is 4.15. The maximum Gasteiger partial charge on any atom is 0.227 e. The van der Waals surface area contributed by atoms with Crippen molar-refractivity contribution in [1.82, 2.24) is 19.7 Å². The van der Waals surface area contributed by atoms with Crippen LogP contribution in [0.1, 0.15) is 13.1 Å². The van der Waals surface area contributed by atoms with Crippen LogP contribution < -0.4 is 5.32 Å². The second-order valence-corrected chi connectivity index (χ2v) is 3.38. The van der Waals surface area contributed by atoms with Crippen LogP contribution in [-0.2, 0) is 0 Å². The quantitative estimate of drug-likeness (QED) is 0.688. The van der Waals surface area contributed by atoms with E-state index in [0.29, 0.717) is 0 Å². The second kappa shape index (κ2) is 2.85. The van der Waals surface area contributed by atoms with Gasteiger partial charge in [-0.25, -0.2) is 4.68 Å². The van der Waals surface area contributed by atoms with Crippen LogP contribution in [0.4, 0.5) is 5.95 Å². The average molecular weight is 179 g/mol. The fourth-order valence-corrected chi connectivity index (χ4v) is 1.41. The van der Waals surface area contributed by atoms with Crippen molar-refractivity contribution in [1.29, 1.82) is 0 Å². The van der Waals surface area contributed by atoms with Crippen LogP contribution in [0.5, 0.6) is 0 Å². The Morgan fingerprint density at radius 3 is 3.00 bits per heavy atom. The number of aromatic nitrogens is 3. The molecule has 0 radical (unpaired) electrons. The van der Waals surface area contributed by atoms with E-state index in [1.165, 1.54) is 0 Å². The Labute approximate surface area is 77.1 Å². The zero-order chi connectivity index (χ0) is 9.42. The zero-order valence-corrected chi connectivity index (χ0v) is 8.02. The molecule has 1 N–H and O–H groups in total. The van der Waals surface area contributed by atoms with Crippen LogP contribution in [0, 0.1) is 0 Å². The molecule has 0 aromatic carbocycles. The molecule has 2 rings (SSSR count). The molecule has 0 bridgehead atoms. The monoisotopic (exact) mass is 179 g/mol. The lowest BCUT2D eigenvalue weighted by molar-refractivity contribution is 0.250. The molecule has 5 nitrogen and oxygen atoms in total. The molecule has 1 aliphatic rings. The van der Waals surface area contributed by atoms with E-state index in [0.717, 1.165) is 11.6 Å². The summed E-state index contributed by atoms with van der Waals surface area (Å²) in [5, 5.41) is 7.30. The summed E-state index contributed by atoms with van der Waals surface area (Å²) in [7, 11) is 4.04. The maximum atomic E-state index is 4.15. The van der Waals surface area contributed by atoms with Crippen molar-refractivity contribution >= 4 is 5.95 Å². The molecule has 0 spiro atoms. The van der Waals surface area contributed by atoms with Gasteiger partial charge < -0.3 is 5.32 Å². The number of hydrogen-bond donors (Lipinski definition) is 1. The van der Waals surface area contributed by atoms with Gasteiger partial charge in [0.2, 0.25) is 5.95 Å². The molecule has 5 heteroatoms. The summed E-state index contributed by atoms with van der Waals surface area (Å²) in [6.45, 7) is 2.02. The van der Waals surface area contributed by atoms with Crippen LogP contribution >= 0.6 is 0 Å². The number of allylic oxidation sites excluding steroid dienone is 1. The van der Waals surface area contributed by atoms with Crippen molar-refractivity contribution in [3.05, 3.63) is 18.1 Å². The van der Waals surface area contributed by atoms with Crippen LogP contribution in [0.15, 0.2) is 18.1 Å². The fraction of sp³-hybridized carbons (Fsp3) is 0.500. The molecule has 0 saturated carbocycles. The average Bonchev–Trinajstić information content (AvgIpc) is 2.49. The zero-order valence-electron chi connectivity index (χ0n) is 8.02. The van der Waals surface area contributed by atoms with Crippen molar-refractivity contribution in [3.8, 4) is 0 Å². The summed E-state index contributed by atoms with van der Waals surface area (Å²) in [6, 6.07) is 0. The molecule has 0 amide bonds. The van der Waals surface area contributed by atoms with Crippen LogP contribution in [0.2, 0.25) is 0 Å². The minimum Gasteiger partial charge on any atom is -0.329 e. The largest absolute Gasteiger partial charge is 0.329 e. The van der Waals surface area contributed by atoms with Gasteiger partial charge in [-0.15, -0.1) is 0 Å². The van der Waals surface area contributed by atoms with Gasteiger partial charge >= 0.3 is 0 Å². The van der Waals surface area contributed by atoms with E-state index < -0.39 is 0 Å². The van der Waals surface area contributed by atoms with Crippen molar-refractivity contribution < 1.29 is 0 Å². The molecule has 0 saturated heterocycles. The van der Waals surface area contributed by atoms with E-state index in [1.54, 1.807) is 6.33 Å². The molecule has 13 heavy (non-hydrogen) atoms. The van der Waals surface area contributed by atoms with Crippen molar-refractivity contribution in [2.75, 3.05) is 19.4 Å². The molecule has 1 aromatic heterocycles. The Morgan fingerprint density at radius 1 is 1.54 bits per heavy atom. The van der Waals surface area contributed by atoms with Gasteiger partial charge in [-0.2, -0.15) is 10.1 Å². The molecule has 0 aliphatic carbocycles. The fourth-order valence-electron chi connectivity index (χ4n) is 1.41. The highest BCUT2D eigenvalue weighted by atomic mass is 15.5. The predicted octanol–water partition coefficient (Wildman–Crippen LogP) is 0.668. The smallest absolute Gasteiger partial charge is 0.227 e. The highest BCUT2D eigenvalue weighted by molar-refractivity contribution is 5.37. The summed E-state index contributed by atoms with van der Waals surface area (Å²) in [6.07, 6.45) is 3.84. The third-order valence-corrected chi connectivity index (χ3v) is 2.06. The summed E-state index contributed by atoms with van der Waals surface area (Å²) in [4.78, 5) is 6.20. The number of hydrogen-bond acceptors (Lipinski definition) is 4. The minimum absolute atomic E-state index is 0.166. The van der Waals surface area contributed by atoms with Gasteiger partial charge in [-0.05, 0) is 27.1 Å². The lowest BCUT2D eigenvalue weighted by Gasteiger charge is -2.27. The topological polar surface area (TPSA) is 46.0 Å². The lowest BCUT2D eigenvalue weighted by atomic mass is 10.3. The van der Waals surface area contributed by atoms with Gasteiger partial charge in [0, 0.05) is 5.70 Å². The number of anilines is 1. The van der Waals surface area contributed by atoms with Gasteiger partial charge in [0.1, 0.15) is 12.5 Å². The molecule has 0 fully saturated rings. The predicted molar refractivity (Wildman–Crippen MR) is 50.1 cm³/mol. The van der Waals surface area contributed by atoms with Crippen LogP contribution in [-0.4, -0.2) is 33.8 Å². The van der Waals surface area contributed by atoms with Gasteiger partial charge in [0.05, 0.1) is 0 Å². The van der Waals surface area contributed by atoms with Crippen molar-refractivity contribution in [2.24, 2.45) is 0 Å². The van der Waals surface area contributed by atoms with Gasteiger partial charge in [-0.3, -0.25) is 4.90 Å². The summed E-state index contributed by atoms with van der Waals surface area (Å²) in [5.74, 6) is 0.804. The van der Waals surface area contributed by atoms with E-state index >= 15 is 0 Å². The van der Waals surface area contributed by atoms with E-state index in [-0.39, 0.29) is 6.17 Å². The highest BCUT2D eigenvalue weighted by Crippen LogP contribution is 2.22. The summed E-state index contributed by atoms with van der Waals surface area (Å²) >= 11 is 0. The number of nitrogens with zero attached hydrogens (tertiary/aromatic N) is 4. The lowest BCUT2D eigenvalue weighted by Crippen LogP contribution is -2.29. The van der Waals surface area contributed by atoms with Gasteiger partial charge in [-0.1, -0.05) is 0 Å². The third-order valence-electron chi connectivity index (χ3n) is 2.06. The molecule has 1 aliphatic heterocycles. The molecular formula is C8H13N5. The van der Waals surface area contributed by atoms with E-state index in [9.17, 15) is 0 Å². The summed E-state index contributed by atoms with van der Waals surface area (Å²) in [5.41, 5.74) is 1.11. The molecule has 1 atom stereocenters. The van der Waals surface area contributed by atoms with Crippen molar-refractivity contribution in [2.45, 2.75) is 13.1 Å². The summed E-state index contributed by atoms with van der Waals surface area (Å²) < 4.78 is 1.85. The third kappa shape index (κ3) is 1.31. The molecule has 1 aromatic rings. The van der Waals surface area contributed by atoms with E-state index in [4.69, 9.17) is 0 Å². The Bertz CT molecular complexity index is 338. The first-order valence-electron chi connectivity index (χ1n) is 4.20. The minimum atomic E-state index is 0.166. The second-order valence-electron chi connectivity index (χ2n) is 3.38.